The minimum absolute atomic E-state index is 0.00581. The van der Waals surface area contributed by atoms with Gasteiger partial charge in [-0.1, -0.05) is 17.7 Å². The summed E-state index contributed by atoms with van der Waals surface area (Å²) in [6.45, 7) is 0. The number of carbonyl (C=O) groups is 1. The van der Waals surface area contributed by atoms with Gasteiger partial charge in [-0.15, -0.1) is 0 Å². The van der Waals surface area contributed by atoms with Gasteiger partial charge in [0.05, 0.1) is 16.5 Å². The molecule has 0 aliphatic rings. The van der Waals surface area contributed by atoms with Gasteiger partial charge in [0, 0.05) is 0 Å². The van der Waals surface area contributed by atoms with Gasteiger partial charge in [-0.25, -0.2) is 0 Å². The molecule has 1 amide bonds. The third-order valence-corrected chi connectivity index (χ3v) is 2.67. The van der Waals surface area contributed by atoms with Crippen molar-refractivity contribution in [2.75, 3.05) is 11.1 Å². The van der Waals surface area contributed by atoms with Gasteiger partial charge in [-0.3, -0.25) is 4.79 Å². The summed E-state index contributed by atoms with van der Waals surface area (Å²) in [4.78, 5) is 11.1. The SMILES string of the molecule is O=C(CSC(F)(F)F)Nc1cccc(Cl)c1O. The molecule has 0 saturated heterocycles. The number of phenolic OH excluding ortho intramolecular Hbond substituents is 1. The lowest BCUT2D eigenvalue weighted by Crippen LogP contribution is -2.17. The number of benzene rings is 1. The number of hydrogen-bond donors (Lipinski definition) is 2. The Morgan fingerprint density at radius 2 is 2.12 bits per heavy atom. The molecule has 0 aromatic heterocycles. The van der Waals surface area contributed by atoms with Crippen LogP contribution in [0.25, 0.3) is 0 Å². The van der Waals surface area contributed by atoms with E-state index < -0.39 is 28.9 Å². The standard InChI is InChI=1S/C9H7ClF3NO2S/c10-5-2-1-3-6(8(5)16)14-7(15)4-17-9(11,12)13/h1-3,16H,4H2,(H,14,15). The predicted octanol–water partition coefficient (Wildman–Crippen LogP) is 3.24. The van der Waals surface area contributed by atoms with E-state index in [2.05, 4.69) is 5.32 Å². The Morgan fingerprint density at radius 3 is 2.71 bits per heavy atom. The zero-order valence-corrected chi connectivity index (χ0v) is 9.79. The Balaban J connectivity index is 2.60. The number of rotatable bonds is 3. The summed E-state index contributed by atoms with van der Waals surface area (Å²) < 4.78 is 35.4. The summed E-state index contributed by atoms with van der Waals surface area (Å²) in [5, 5.41) is 11.5. The van der Waals surface area contributed by atoms with Gasteiger partial charge in [0.2, 0.25) is 5.91 Å². The highest BCUT2D eigenvalue weighted by molar-refractivity contribution is 8.00. The molecular weight excluding hydrogens is 279 g/mol. The third-order valence-electron chi connectivity index (χ3n) is 1.63. The van der Waals surface area contributed by atoms with Crippen molar-refractivity contribution >= 4 is 35.0 Å². The highest BCUT2D eigenvalue weighted by atomic mass is 35.5. The summed E-state index contributed by atoms with van der Waals surface area (Å²) in [5.74, 6) is -2.03. The lowest BCUT2D eigenvalue weighted by Gasteiger charge is -2.09. The highest BCUT2D eigenvalue weighted by Crippen LogP contribution is 2.32. The number of alkyl halides is 3. The maximum Gasteiger partial charge on any atom is 0.442 e. The molecule has 0 unspecified atom stereocenters. The van der Waals surface area contributed by atoms with Crippen LogP contribution in [0.15, 0.2) is 18.2 Å². The number of phenols is 1. The summed E-state index contributed by atoms with van der Waals surface area (Å²) in [6.07, 6.45) is 0. The molecule has 0 aliphatic carbocycles. The van der Waals surface area contributed by atoms with Gasteiger partial charge in [0.25, 0.3) is 0 Å². The fourth-order valence-electron chi connectivity index (χ4n) is 0.950. The molecule has 1 aromatic rings. The van der Waals surface area contributed by atoms with Crippen LogP contribution in [0.4, 0.5) is 18.9 Å². The van der Waals surface area contributed by atoms with Crippen molar-refractivity contribution in [3.8, 4) is 5.75 Å². The van der Waals surface area contributed by atoms with Crippen molar-refractivity contribution < 1.29 is 23.1 Å². The minimum atomic E-state index is -4.46. The van der Waals surface area contributed by atoms with Crippen LogP contribution in [-0.4, -0.2) is 22.3 Å². The second-order valence-corrected chi connectivity index (χ2v) is 4.37. The Bertz CT molecular complexity index is 425. The summed E-state index contributed by atoms with van der Waals surface area (Å²) in [6, 6.07) is 4.17. The third kappa shape index (κ3) is 4.74. The molecule has 8 heteroatoms. The first kappa shape index (κ1) is 14.0. The van der Waals surface area contributed by atoms with Gasteiger partial charge < -0.3 is 10.4 Å². The average molecular weight is 286 g/mol. The van der Waals surface area contributed by atoms with Crippen LogP contribution in [-0.2, 0) is 4.79 Å². The molecule has 1 aromatic carbocycles. The number of halogens is 4. The summed E-state index contributed by atoms with van der Waals surface area (Å²) in [7, 11) is 0. The van der Waals surface area contributed by atoms with Crippen LogP contribution in [0.5, 0.6) is 5.75 Å². The van der Waals surface area contributed by atoms with E-state index in [1.807, 2.05) is 0 Å². The highest BCUT2D eigenvalue weighted by Gasteiger charge is 2.29. The Hall–Kier alpha value is -1.08. The van der Waals surface area contributed by atoms with Crippen molar-refractivity contribution in [1.82, 2.24) is 0 Å². The predicted molar refractivity (Wildman–Crippen MR) is 60.3 cm³/mol. The molecule has 0 aliphatic heterocycles. The number of anilines is 1. The molecule has 0 heterocycles. The number of hydrogen-bond acceptors (Lipinski definition) is 3. The molecule has 94 valence electrons. The van der Waals surface area contributed by atoms with Crippen LogP contribution in [0.2, 0.25) is 5.02 Å². The molecule has 1 rings (SSSR count). The van der Waals surface area contributed by atoms with Crippen LogP contribution in [0.3, 0.4) is 0 Å². The fourth-order valence-corrected chi connectivity index (χ4v) is 1.49. The maximum absolute atomic E-state index is 11.8. The molecule has 0 spiro atoms. The van der Waals surface area contributed by atoms with Crippen molar-refractivity contribution in [1.29, 1.82) is 0 Å². The molecule has 0 saturated carbocycles. The van der Waals surface area contributed by atoms with E-state index >= 15 is 0 Å². The normalized spacial score (nSPS) is 11.3. The van der Waals surface area contributed by atoms with E-state index in [-0.39, 0.29) is 16.5 Å². The van der Waals surface area contributed by atoms with Gasteiger partial charge in [-0.2, -0.15) is 13.2 Å². The number of aromatic hydroxyl groups is 1. The van der Waals surface area contributed by atoms with Crippen molar-refractivity contribution in [2.24, 2.45) is 0 Å². The minimum Gasteiger partial charge on any atom is -0.504 e. The average Bonchev–Trinajstić information content (AvgIpc) is 2.21. The number of para-hydroxylation sites is 1. The number of thioether (sulfide) groups is 1. The van der Waals surface area contributed by atoms with E-state index in [0.29, 0.717) is 0 Å². The molecule has 0 fully saturated rings. The first-order chi connectivity index (χ1) is 7.79. The molecule has 17 heavy (non-hydrogen) atoms. The van der Waals surface area contributed by atoms with Gasteiger partial charge in [0.1, 0.15) is 0 Å². The summed E-state index contributed by atoms with van der Waals surface area (Å²) >= 11 is 5.10. The molecular formula is C9H7ClF3NO2S. The lowest BCUT2D eigenvalue weighted by atomic mass is 10.3. The lowest BCUT2D eigenvalue weighted by molar-refractivity contribution is -0.114. The van der Waals surface area contributed by atoms with Crippen LogP contribution < -0.4 is 5.32 Å². The van der Waals surface area contributed by atoms with Gasteiger partial charge >= 0.3 is 5.51 Å². The van der Waals surface area contributed by atoms with Crippen molar-refractivity contribution in [3.63, 3.8) is 0 Å². The Kier molecular flexibility index (Phi) is 4.53. The maximum atomic E-state index is 11.8. The largest absolute Gasteiger partial charge is 0.504 e. The molecule has 0 radical (unpaired) electrons. The zero-order valence-electron chi connectivity index (χ0n) is 8.21. The fraction of sp³-hybridized carbons (Fsp3) is 0.222. The van der Waals surface area contributed by atoms with Gasteiger partial charge in [0.15, 0.2) is 5.75 Å². The Labute approximate surface area is 104 Å². The number of carbonyl (C=O) groups excluding carboxylic acids is 1. The first-order valence-electron chi connectivity index (χ1n) is 4.27. The smallest absolute Gasteiger partial charge is 0.442 e. The molecule has 2 N–H and O–H groups in total. The number of amides is 1. The van der Waals surface area contributed by atoms with Gasteiger partial charge in [-0.05, 0) is 23.9 Å². The zero-order chi connectivity index (χ0) is 13.1. The van der Waals surface area contributed by atoms with E-state index in [4.69, 9.17) is 11.6 Å². The second kappa shape index (κ2) is 5.50. The van der Waals surface area contributed by atoms with Crippen molar-refractivity contribution in [3.05, 3.63) is 23.2 Å². The first-order valence-corrected chi connectivity index (χ1v) is 5.64. The van der Waals surface area contributed by atoms with Crippen LogP contribution in [0.1, 0.15) is 0 Å². The summed E-state index contributed by atoms with van der Waals surface area (Å²) in [5.41, 5.74) is -4.49. The van der Waals surface area contributed by atoms with Crippen LogP contribution >= 0.6 is 23.4 Å². The molecule has 3 nitrogen and oxygen atoms in total. The number of nitrogens with one attached hydrogen (secondary N) is 1. The van der Waals surface area contributed by atoms with Crippen LogP contribution in [0, 0.1) is 0 Å². The second-order valence-electron chi connectivity index (χ2n) is 2.92. The van der Waals surface area contributed by atoms with E-state index in [0.717, 1.165) is 0 Å². The molecule has 0 bridgehead atoms. The molecule has 0 atom stereocenters. The van der Waals surface area contributed by atoms with E-state index in [9.17, 15) is 23.1 Å². The van der Waals surface area contributed by atoms with E-state index in [1.165, 1.54) is 18.2 Å². The monoisotopic (exact) mass is 285 g/mol. The topological polar surface area (TPSA) is 49.3 Å². The quantitative estimate of drug-likeness (QED) is 0.838. The Morgan fingerprint density at radius 1 is 1.47 bits per heavy atom. The van der Waals surface area contributed by atoms with Crippen molar-refractivity contribution in [2.45, 2.75) is 5.51 Å². The van der Waals surface area contributed by atoms with E-state index in [1.54, 1.807) is 0 Å².